The molecule has 0 aliphatic carbocycles. The van der Waals surface area contributed by atoms with E-state index >= 15 is 0 Å². The van der Waals surface area contributed by atoms with E-state index in [1.165, 1.54) is 10.6 Å². The third-order valence-electron chi connectivity index (χ3n) is 5.46. The van der Waals surface area contributed by atoms with Crippen molar-refractivity contribution in [1.29, 1.82) is 0 Å². The average Bonchev–Trinajstić information content (AvgIpc) is 2.73. The Morgan fingerprint density at radius 2 is 1.88 bits per heavy atom. The van der Waals surface area contributed by atoms with Crippen LogP contribution in [0.1, 0.15) is 20.3 Å². The molecule has 2 N–H and O–H groups in total. The molecule has 2 heterocycles. The molecule has 168 valence electrons. The molecule has 1 fully saturated rings. The number of carbonyl (C=O) groups is 1. The van der Waals surface area contributed by atoms with Gasteiger partial charge in [0.25, 0.3) is 5.56 Å². The van der Waals surface area contributed by atoms with Crippen LogP contribution in [0.15, 0.2) is 52.1 Å². The van der Waals surface area contributed by atoms with Crippen LogP contribution in [0.3, 0.4) is 0 Å². The van der Waals surface area contributed by atoms with Gasteiger partial charge < -0.3 is 15.0 Å². The minimum atomic E-state index is -0.578. The molecule has 1 amide bonds. The molecule has 0 saturated carbocycles. The van der Waals surface area contributed by atoms with Crippen LogP contribution in [0.25, 0.3) is 10.9 Å². The highest BCUT2D eigenvalue weighted by Crippen LogP contribution is 2.26. The van der Waals surface area contributed by atoms with Crippen molar-refractivity contribution >= 4 is 28.2 Å². The van der Waals surface area contributed by atoms with Crippen LogP contribution in [-0.4, -0.2) is 40.8 Å². The van der Waals surface area contributed by atoms with E-state index in [-0.39, 0.29) is 31.1 Å². The Balaban J connectivity index is 1.44. The van der Waals surface area contributed by atoms with Crippen LogP contribution in [0, 0.1) is 5.82 Å². The molecule has 0 bridgehead atoms. The minimum Gasteiger partial charge on any atom is -0.372 e. The van der Waals surface area contributed by atoms with Gasteiger partial charge in [-0.1, -0.05) is 12.1 Å². The van der Waals surface area contributed by atoms with Crippen LogP contribution >= 0.6 is 0 Å². The standard InChI is InChI=1S/C23H25FN4O4/c1-14-12-27(13-15(2)32-14)20-8-7-16(11-18(20)24)25-21(29)9-10-28-19-6-4-3-5-17(19)22(30)26-23(28)31/h3-8,11,14-15H,9-10,12-13H2,1-2H3,(H,25,29)(H,26,30,31). The predicted molar refractivity (Wildman–Crippen MR) is 121 cm³/mol. The number of para-hydroxylation sites is 1. The van der Waals surface area contributed by atoms with Crippen LogP contribution in [0.2, 0.25) is 0 Å². The summed E-state index contributed by atoms with van der Waals surface area (Å²) in [5.41, 5.74) is 0.218. The summed E-state index contributed by atoms with van der Waals surface area (Å²) in [6.45, 7) is 5.16. The lowest BCUT2D eigenvalue weighted by atomic mass is 10.2. The Morgan fingerprint density at radius 3 is 2.59 bits per heavy atom. The number of nitrogens with one attached hydrogen (secondary N) is 2. The van der Waals surface area contributed by atoms with E-state index < -0.39 is 17.1 Å². The summed E-state index contributed by atoms with van der Waals surface area (Å²) in [5, 5.41) is 3.04. The Morgan fingerprint density at radius 1 is 1.16 bits per heavy atom. The van der Waals surface area contributed by atoms with Crippen molar-refractivity contribution in [1.82, 2.24) is 9.55 Å². The van der Waals surface area contributed by atoms with E-state index in [4.69, 9.17) is 4.74 Å². The number of aryl methyl sites for hydroxylation is 1. The highest BCUT2D eigenvalue weighted by Gasteiger charge is 2.24. The largest absolute Gasteiger partial charge is 0.372 e. The number of morpholine rings is 1. The van der Waals surface area contributed by atoms with Gasteiger partial charge in [-0.05, 0) is 44.2 Å². The number of rotatable bonds is 5. The quantitative estimate of drug-likeness (QED) is 0.636. The van der Waals surface area contributed by atoms with Gasteiger partial charge in [-0.25, -0.2) is 9.18 Å². The number of halogens is 1. The van der Waals surface area contributed by atoms with Crippen LogP contribution < -0.4 is 21.5 Å². The van der Waals surface area contributed by atoms with Gasteiger partial charge in [0.1, 0.15) is 5.82 Å². The summed E-state index contributed by atoms with van der Waals surface area (Å²) in [6.07, 6.45) is -0.00691. The lowest BCUT2D eigenvalue weighted by Crippen LogP contribution is -2.45. The summed E-state index contributed by atoms with van der Waals surface area (Å²) in [4.78, 5) is 40.8. The fourth-order valence-electron chi connectivity index (χ4n) is 4.12. The molecule has 2 atom stereocenters. The number of benzene rings is 2. The molecule has 1 aliphatic rings. The van der Waals surface area contributed by atoms with Gasteiger partial charge in [0.15, 0.2) is 0 Å². The number of fused-ring (bicyclic) bond motifs is 1. The van der Waals surface area contributed by atoms with Crippen LogP contribution in [0.4, 0.5) is 15.8 Å². The molecular weight excluding hydrogens is 415 g/mol. The maximum absolute atomic E-state index is 14.7. The van der Waals surface area contributed by atoms with Gasteiger partial charge in [-0.15, -0.1) is 0 Å². The van der Waals surface area contributed by atoms with E-state index in [1.807, 2.05) is 18.7 Å². The van der Waals surface area contributed by atoms with Crippen LogP contribution in [0.5, 0.6) is 0 Å². The maximum atomic E-state index is 14.7. The van der Waals surface area contributed by atoms with Crippen LogP contribution in [-0.2, 0) is 16.1 Å². The lowest BCUT2D eigenvalue weighted by Gasteiger charge is -2.37. The van der Waals surface area contributed by atoms with Gasteiger partial charge in [-0.2, -0.15) is 0 Å². The monoisotopic (exact) mass is 440 g/mol. The maximum Gasteiger partial charge on any atom is 0.328 e. The Bertz CT molecular complexity index is 1260. The van der Waals surface area contributed by atoms with E-state index in [1.54, 1.807) is 36.4 Å². The van der Waals surface area contributed by atoms with E-state index in [0.717, 1.165) is 0 Å². The number of aromatic nitrogens is 2. The number of amides is 1. The second-order valence-electron chi connectivity index (χ2n) is 8.05. The summed E-state index contributed by atoms with van der Waals surface area (Å²) >= 11 is 0. The first-order valence-electron chi connectivity index (χ1n) is 10.5. The molecule has 1 aromatic heterocycles. The van der Waals surface area contributed by atoms with Gasteiger partial charge in [-0.3, -0.25) is 19.1 Å². The first kappa shape index (κ1) is 21.8. The van der Waals surface area contributed by atoms with Crippen molar-refractivity contribution < 1.29 is 13.9 Å². The van der Waals surface area contributed by atoms with Gasteiger partial charge in [0.05, 0.1) is 28.8 Å². The number of carbonyl (C=O) groups excluding carboxylic acids is 1. The zero-order chi connectivity index (χ0) is 22.8. The fourth-order valence-corrected chi connectivity index (χ4v) is 4.12. The molecule has 1 saturated heterocycles. The smallest absolute Gasteiger partial charge is 0.328 e. The van der Waals surface area contributed by atoms with Crippen molar-refractivity contribution in [3.63, 3.8) is 0 Å². The fraction of sp³-hybridized carbons (Fsp3) is 0.348. The van der Waals surface area contributed by atoms with Crippen molar-refractivity contribution in [3.8, 4) is 0 Å². The van der Waals surface area contributed by atoms with E-state index in [0.29, 0.717) is 35.4 Å². The highest BCUT2D eigenvalue weighted by molar-refractivity contribution is 5.91. The SMILES string of the molecule is CC1CN(c2ccc(NC(=O)CCn3c(=O)[nH]c(=O)c4ccccc43)cc2F)CC(C)O1. The molecule has 0 spiro atoms. The topological polar surface area (TPSA) is 96.4 Å². The zero-order valence-corrected chi connectivity index (χ0v) is 17.9. The number of aromatic amines is 1. The number of hydrogen-bond donors (Lipinski definition) is 2. The molecule has 4 rings (SSSR count). The molecule has 9 heteroatoms. The zero-order valence-electron chi connectivity index (χ0n) is 17.9. The van der Waals surface area contributed by atoms with Crippen molar-refractivity contribution in [2.75, 3.05) is 23.3 Å². The number of H-pyrrole nitrogens is 1. The first-order valence-corrected chi connectivity index (χ1v) is 10.5. The predicted octanol–water partition coefficient (Wildman–Crippen LogP) is 2.47. The molecule has 2 aromatic carbocycles. The Hall–Kier alpha value is -3.46. The van der Waals surface area contributed by atoms with Gasteiger partial charge in [0, 0.05) is 31.7 Å². The second kappa shape index (κ2) is 8.96. The number of nitrogens with zero attached hydrogens (tertiary/aromatic N) is 2. The third-order valence-corrected chi connectivity index (χ3v) is 5.46. The highest BCUT2D eigenvalue weighted by atomic mass is 19.1. The number of ether oxygens (including phenoxy) is 1. The molecule has 1 aliphatic heterocycles. The molecular formula is C23H25FN4O4. The molecule has 0 radical (unpaired) electrons. The molecule has 32 heavy (non-hydrogen) atoms. The van der Waals surface area contributed by atoms with Crippen molar-refractivity contribution in [2.24, 2.45) is 0 Å². The summed E-state index contributed by atoms with van der Waals surface area (Å²) in [5.74, 6) is -0.792. The number of hydrogen-bond acceptors (Lipinski definition) is 5. The number of anilines is 2. The lowest BCUT2D eigenvalue weighted by molar-refractivity contribution is -0.116. The van der Waals surface area contributed by atoms with E-state index in [9.17, 15) is 18.8 Å². The minimum absolute atomic E-state index is 0.00458. The van der Waals surface area contributed by atoms with Crippen molar-refractivity contribution in [3.05, 3.63) is 69.1 Å². The van der Waals surface area contributed by atoms with Crippen molar-refractivity contribution in [2.45, 2.75) is 39.0 Å². The molecule has 3 aromatic rings. The third kappa shape index (κ3) is 4.57. The van der Waals surface area contributed by atoms with E-state index in [2.05, 4.69) is 10.3 Å². The molecule has 2 unspecified atom stereocenters. The average molecular weight is 440 g/mol. The Kier molecular flexibility index (Phi) is 6.09. The first-order chi connectivity index (χ1) is 15.3. The summed E-state index contributed by atoms with van der Waals surface area (Å²) in [6, 6.07) is 11.3. The normalized spacial score (nSPS) is 18.7. The Labute approximate surface area is 183 Å². The van der Waals surface area contributed by atoms with Gasteiger partial charge in [0.2, 0.25) is 5.91 Å². The van der Waals surface area contributed by atoms with Gasteiger partial charge >= 0.3 is 5.69 Å². The second-order valence-corrected chi connectivity index (χ2v) is 8.05. The summed E-state index contributed by atoms with van der Waals surface area (Å²) < 4.78 is 21.8. The summed E-state index contributed by atoms with van der Waals surface area (Å²) in [7, 11) is 0. The molecule has 8 nitrogen and oxygen atoms in total.